The molecule has 90 valence electrons. The molecule has 0 saturated carbocycles. The molecule has 5 heteroatoms. The topological polar surface area (TPSA) is 39.9 Å². The molecule has 0 spiro atoms. The Morgan fingerprint density at radius 3 is 2.81 bits per heavy atom. The van der Waals surface area contributed by atoms with E-state index >= 15 is 0 Å². The van der Waals surface area contributed by atoms with E-state index in [0.29, 0.717) is 23.2 Å². The molecule has 0 radical (unpaired) electrons. The Balaban J connectivity index is 2.16. The second-order valence-corrected chi connectivity index (χ2v) is 5.06. The van der Waals surface area contributed by atoms with Crippen LogP contribution in [0.1, 0.15) is 38.9 Å². The molecule has 1 fully saturated rings. The average Bonchev–Trinajstić information content (AvgIpc) is 2.76. The summed E-state index contributed by atoms with van der Waals surface area (Å²) in [7, 11) is 0. The summed E-state index contributed by atoms with van der Waals surface area (Å²) in [5.74, 6) is 1.83. The third-order valence-electron chi connectivity index (χ3n) is 3.20. The molecule has 2 atom stereocenters. The lowest BCUT2D eigenvalue weighted by molar-refractivity contribution is 0.101. The molecular formula is C11H18ClN3O. The standard InChI is InChI=1S/C11H18ClN3O/c1-7(2)10-13-14-11(12)15(10)6-9-4-5-16-8(9)3/h7-9H,4-6H2,1-3H3. The fourth-order valence-corrected chi connectivity index (χ4v) is 2.33. The summed E-state index contributed by atoms with van der Waals surface area (Å²) in [6.07, 6.45) is 1.39. The van der Waals surface area contributed by atoms with Crippen molar-refractivity contribution >= 4 is 11.6 Å². The molecule has 0 N–H and O–H groups in total. The van der Waals surface area contributed by atoms with Gasteiger partial charge in [0.1, 0.15) is 5.82 Å². The normalized spacial score (nSPS) is 25.6. The van der Waals surface area contributed by atoms with Gasteiger partial charge in [0, 0.05) is 25.0 Å². The summed E-state index contributed by atoms with van der Waals surface area (Å²) in [5, 5.41) is 8.55. The van der Waals surface area contributed by atoms with Crippen molar-refractivity contribution in [2.45, 2.75) is 45.8 Å². The first-order valence-corrected chi connectivity index (χ1v) is 6.17. The first kappa shape index (κ1) is 11.9. The van der Waals surface area contributed by atoms with Gasteiger partial charge in [0.05, 0.1) is 6.10 Å². The fraction of sp³-hybridized carbons (Fsp3) is 0.818. The number of rotatable bonds is 3. The fourth-order valence-electron chi connectivity index (χ4n) is 2.14. The van der Waals surface area contributed by atoms with E-state index in [4.69, 9.17) is 16.3 Å². The van der Waals surface area contributed by atoms with Crippen LogP contribution in [0.3, 0.4) is 0 Å². The van der Waals surface area contributed by atoms with Crippen LogP contribution < -0.4 is 0 Å². The molecule has 4 nitrogen and oxygen atoms in total. The number of ether oxygens (including phenoxy) is 1. The van der Waals surface area contributed by atoms with Gasteiger partial charge in [0.15, 0.2) is 0 Å². The third-order valence-corrected chi connectivity index (χ3v) is 3.48. The molecule has 0 aromatic carbocycles. The summed E-state index contributed by atoms with van der Waals surface area (Å²) in [5.41, 5.74) is 0. The van der Waals surface area contributed by atoms with Crippen molar-refractivity contribution in [3.63, 3.8) is 0 Å². The zero-order valence-electron chi connectivity index (χ0n) is 9.98. The van der Waals surface area contributed by atoms with E-state index < -0.39 is 0 Å². The van der Waals surface area contributed by atoms with E-state index in [1.54, 1.807) is 0 Å². The Bertz CT molecular complexity index is 364. The Kier molecular flexibility index (Phi) is 3.50. The number of aromatic nitrogens is 3. The number of hydrogen-bond donors (Lipinski definition) is 0. The first-order chi connectivity index (χ1) is 7.59. The van der Waals surface area contributed by atoms with Gasteiger partial charge in [-0.1, -0.05) is 13.8 Å². The van der Waals surface area contributed by atoms with Gasteiger partial charge < -0.3 is 9.30 Å². The molecule has 0 amide bonds. The first-order valence-electron chi connectivity index (χ1n) is 5.79. The third kappa shape index (κ3) is 2.23. The molecule has 1 aromatic heterocycles. The molecule has 2 rings (SSSR count). The van der Waals surface area contributed by atoms with Crippen molar-refractivity contribution in [1.82, 2.24) is 14.8 Å². The molecule has 1 aromatic rings. The highest BCUT2D eigenvalue weighted by Gasteiger charge is 2.26. The predicted molar refractivity (Wildman–Crippen MR) is 62.6 cm³/mol. The second-order valence-electron chi connectivity index (χ2n) is 4.72. The van der Waals surface area contributed by atoms with Gasteiger partial charge in [-0.2, -0.15) is 0 Å². The molecule has 1 aliphatic heterocycles. The molecule has 2 heterocycles. The summed E-state index contributed by atoms with van der Waals surface area (Å²) < 4.78 is 7.57. The zero-order valence-corrected chi connectivity index (χ0v) is 10.7. The second kappa shape index (κ2) is 4.72. The van der Waals surface area contributed by atoms with E-state index in [0.717, 1.165) is 25.4 Å². The molecular weight excluding hydrogens is 226 g/mol. The van der Waals surface area contributed by atoms with E-state index in [9.17, 15) is 0 Å². The number of hydrogen-bond acceptors (Lipinski definition) is 3. The lowest BCUT2D eigenvalue weighted by atomic mass is 10.0. The van der Waals surface area contributed by atoms with Crippen molar-refractivity contribution in [2.75, 3.05) is 6.61 Å². The van der Waals surface area contributed by atoms with Crippen molar-refractivity contribution in [3.05, 3.63) is 11.1 Å². The van der Waals surface area contributed by atoms with Crippen molar-refractivity contribution < 1.29 is 4.74 Å². The SMILES string of the molecule is CC(C)c1nnc(Cl)n1CC1CCOC1C. The van der Waals surface area contributed by atoms with Gasteiger partial charge in [-0.15, -0.1) is 10.2 Å². The highest BCUT2D eigenvalue weighted by molar-refractivity contribution is 6.28. The largest absolute Gasteiger partial charge is 0.378 e. The van der Waals surface area contributed by atoms with E-state index in [2.05, 4.69) is 31.0 Å². The minimum absolute atomic E-state index is 0.304. The molecule has 2 unspecified atom stereocenters. The van der Waals surface area contributed by atoms with Crippen LogP contribution >= 0.6 is 11.6 Å². The summed E-state index contributed by atoms with van der Waals surface area (Å²) in [6, 6.07) is 0. The quantitative estimate of drug-likeness (QED) is 0.819. The maximum absolute atomic E-state index is 6.06. The zero-order chi connectivity index (χ0) is 11.7. The van der Waals surface area contributed by atoms with Crippen molar-refractivity contribution in [2.24, 2.45) is 5.92 Å². The Morgan fingerprint density at radius 1 is 1.50 bits per heavy atom. The summed E-state index contributed by atoms with van der Waals surface area (Å²) in [4.78, 5) is 0. The molecule has 1 saturated heterocycles. The Labute approximate surface area is 101 Å². The van der Waals surface area contributed by atoms with Gasteiger partial charge in [0.25, 0.3) is 0 Å². The van der Waals surface area contributed by atoms with Crippen LogP contribution in [0.15, 0.2) is 0 Å². The predicted octanol–water partition coefficient (Wildman–Crippen LogP) is 2.48. The summed E-state index contributed by atoms with van der Waals surface area (Å²) >= 11 is 6.06. The van der Waals surface area contributed by atoms with Gasteiger partial charge >= 0.3 is 0 Å². The lowest BCUT2D eigenvalue weighted by Gasteiger charge is -2.17. The molecule has 1 aliphatic rings. The van der Waals surface area contributed by atoms with Crippen molar-refractivity contribution in [3.8, 4) is 0 Å². The minimum atomic E-state index is 0.304. The Hall–Kier alpha value is -0.610. The lowest BCUT2D eigenvalue weighted by Crippen LogP contribution is -2.19. The van der Waals surface area contributed by atoms with Gasteiger partial charge in [-0.25, -0.2) is 0 Å². The van der Waals surface area contributed by atoms with Crippen LogP contribution in [0.4, 0.5) is 0 Å². The minimum Gasteiger partial charge on any atom is -0.378 e. The highest BCUT2D eigenvalue weighted by atomic mass is 35.5. The smallest absolute Gasteiger partial charge is 0.225 e. The van der Waals surface area contributed by atoms with Crippen LogP contribution in [-0.4, -0.2) is 27.5 Å². The average molecular weight is 244 g/mol. The van der Waals surface area contributed by atoms with Crippen molar-refractivity contribution in [1.29, 1.82) is 0 Å². The molecule has 0 aliphatic carbocycles. The van der Waals surface area contributed by atoms with Gasteiger partial charge in [-0.05, 0) is 24.9 Å². The van der Waals surface area contributed by atoms with Gasteiger partial charge in [0.2, 0.25) is 5.28 Å². The van der Waals surface area contributed by atoms with E-state index in [-0.39, 0.29) is 0 Å². The van der Waals surface area contributed by atoms with Crippen LogP contribution in [-0.2, 0) is 11.3 Å². The molecule has 16 heavy (non-hydrogen) atoms. The van der Waals surface area contributed by atoms with Crippen LogP contribution in [0.25, 0.3) is 0 Å². The summed E-state index contributed by atoms with van der Waals surface area (Å²) in [6.45, 7) is 8.03. The van der Waals surface area contributed by atoms with E-state index in [1.807, 2.05) is 4.57 Å². The maximum atomic E-state index is 6.06. The highest BCUT2D eigenvalue weighted by Crippen LogP contribution is 2.25. The van der Waals surface area contributed by atoms with Crippen LogP contribution in [0.5, 0.6) is 0 Å². The van der Waals surface area contributed by atoms with Gasteiger partial charge in [-0.3, -0.25) is 0 Å². The number of nitrogens with zero attached hydrogens (tertiary/aromatic N) is 3. The monoisotopic (exact) mass is 243 g/mol. The molecule has 0 bridgehead atoms. The number of halogens is 1. The van der Waals surface area contributed by atoms with Crippen LogP contribution in [0, 0.1) is 5.92 Å². The van der Waals surface area contributed by atoms with E-state index in [1.165, 1.54) is 0 Å². The van der Waals surface area contributed by atoms with Crippen LogP contribution in [0.2, 0.25) is 5.28 Å². The maximum Gasteiger partial charge on any atom is 0.225 e. The Morgan fingerprint density at radius 2 is 2.25 bits per heavy atom.